The van der Waals surface area contributed by atoms with E-state index in [9.17, 15) is 9.59 Å². The van der Waals surface area contributed by atoms with E-state index in [2.05, 4.69) is 5.32 Å². The van der Waals surface area contributed by atoms with Gasteiger partial charge in [0.15, 0.2) is 0 Å². The zero-order chi connectivity index (χ0) is 13.4. The summed E-state index contributed by atoms with van der Waals surface area (Å²) in [6.45, 7) is 3.01. The summed E-state index contributed by atoms with van der Waals surface area (Å²) in [5.74, 6) is -0.745. The van der Waals surface area contributed by atoms with Gasteiger partial charge in [-0.25, -0.2) is 0 Å². The molecule has 0 bridgehead atoms. The van der Waals surface area contributed by atoms with Crippen LogP contribution in [0, 0.1) is 0 Å². The maximum atomic E-state index is 11.8. The van der Waals surface area contributed by atoms with Gasteiger partial charge in [0.2, 0.25) is 0 Å². The molecule has 0 aromatic carbocycles. The Balaban J connectivity index is 2.50. The minimum Gasteiger partial charge on any atom is -0.465 e. The SMILES string of the molecule is CCOC(=O)CNC(=O)c1cccn1CCOC. The first kappa shape index (κ1) is 14.2. The molecule has 18 heavy (non-hydrogen) atoms. The molecule has 6 heteroatoms. The van der Waals surface area contributed by atoms with Crippen molar-refractivity contribution < 1.29 is 19.1 Å². The van der Waals surface area contributed by atoms with Crippen molar-refractivity contribution in [3.63, 3.8) is 0 Å². The fourth-order valence-electron chi connectivity index (χ4n) is 1.46. The lowest BCUT2D eigenvalue weighted by atomic mass is 10.4. The molecule has 0 saturated carbocycles. The number of hydrogen-bond donors (Lipinski definition) is 1. The number of rotatable bonds is 7. The minimum absolute atomic E-state index is 0.123. The Morgan fingerprint density at radius 1 is 1.44 bits per heavy atom. The number of nitrogens with zero attached hydrogens (tertiary/aromatic N) is 1. The number of ether oxygens (including phenoxy) is 2. The van der Waals surface area contributed by atoms with E-state index in [1.807, 2.05) is 0 Å². The van der Waals surface area contributed by atoms with Crippen LogP contribution in [0.1, 0.15) is 17.4 Å². The molecule has 0 fully saturated rings. The van der Waals surface area contributed by atoms with Crippen molar-refractivity contribution in [3.8, 4) is 0 Å². The monoisotopic (exact) mass is 254 g/mol. The van der Waals surface area contributed by atoms with Gasteiger partial charge in [-0.15, -0.1) is 0 Å². The Morgan fingerprint density at radius 2 is 2.22 bits per heavy atom. The van der Waals surface area contributed by atoms with Crippen molar-refractivity contribution in [2.45, 2.75) is 13.5 Å². The van der Waals surface area contributed by atoms with Crippen LogP contribution in [0.25, 0.3) is 0 Å². The van der Waals surface area contributed by atoms with Crippen molar-refractivity contribution in [2.24, 2.45) is 0 Å². The predicted octanol–water partition coefficient (Wildman–Crippen LogP) is 0.427. The smallest absolute Gasteiger partial charge is 0.325 e. The molecule has 0 aliphatic carbocycles. The number of carbonyl (C=O) groups is 2. The molecule has 0 unspecified atom stereocenters. The Hall–Kier alpha value is -1.82. The Labute approximate surface area is 106 Å². The highest BCUT2D eigenvalue weighted by Crippen LogP contribution is 2.02. The number of amides is 1. The molecule has 0 spiro atoms. The van der Waals surface area contributed by atoms with Crippen LogP contribution in [0.15, 0.2) is 18.3 Å². The van der Waals surface area contributed by atoms with E-state index >= 15 is 0 Å². The molecule has 1 heterocycles. The molecule has 1 aromatic rings. The van der Waals surface area contributed by atoms with E-state index in [-0.39, 0.29) is 12.5 Å². The third-order valence-corrected chi connectivity index (χ3v) is 2.30. The van der Waals surface area contributed by atoms with Crippen molar-refractivity contribution in [2.75, 3.05) is 26.9 Å². The normalized spacial score (nSPS) is 10.1. The second kappa shape index (κ2) is 7.50. The number of carbonyl (C=O) groups excluding carboxylic acids is 2. The lowest BCUT2D eigenvalue weighted by Crippen LogP contribution is -2.32. The highest BCUT2D eigenvalue weighted by Gasteiger charge is 2.12. The third-order valence-electron chi connectivity index (χ3n) is 2.30. The van der Waals surface area contributed by atoms with Crippen LogP contribution >= 0.6 is 0 Å². The number of hydrogen-bond acceptors (Lipinski definition) is 4. The van der Waals surface area contributed by atoms with E-state index in [0.717, 1.165) is 0 Å². The molecule has 1 aromatic heterocycles. The predicted molar refractivity (Wildman–Crippen MR) is 65.3 cm³/mol. The van der Waals surface area contributed by atoms with Gasteiger partial charge in [-0.05, 0) is 19.1 Å². The van der Waals surface area contributed by atoms with Crippen molar-refractivity contribution in [1.82, 2.24) is 9.88 Å². The summed E-state index contributed by atoms with van der Waals surface area (Å²) in [5.41, 5.74) is 0.497. The molecule has 0 saturated heterocycles. The second-order valence-corrected chi connectivity index (χ2v) is 3.57. The average molecular weight is 254 g/mol. The lowest BCUT2D eigenvalue weighted by molar-refractivity contribution is -0.141. The van der Waals surface area contributed by atoms with Gasteiger partial charge in [0, 0.05) is 19.9 Å². The van der Waals surface area contributed by atoms with E-state index in [4.69, 9.17) is 9.47 Å². The maximum Gasteiger partial charge on any atom is 0.325 e. The highest BCUT2D eigenvalue weighted by atomic mass is 16.5. The first-order valence-corrected chi connectivity index (χ1v) is 5.77. The van der Waals surface area contributed by atoms with Crippen LogP contribution in [0.2, 0.25) is 0 Å². The van der Waals surface area contributed by atoms with Gasteiger partial charge in [0.05, 0.1) is 13.2 Å². The van der Waals surface area contributed by atoms with Crippen molar-refractivity contribution >= 4 is 11.9 Å². The molecule has 100 valence electrons. The van der Waals surface area contributed by atoms with Gasteiger partial charge >= 0.3 is 5.97 Å². The van der Waals surface area contributed by atoms with Gasteiger partial charge in [0.1, 0.15) is 12.2 Å². The van der Waals surface area contributed by atoms with Crippen LogP contribution in [0.3, 0.4) is 0 Å². The van der Waals surface area contributed by atoms with Crippen LogP contribution in [0.4, 0.5) is 0 Å². The van der Waals surface area contributed by atoms with Gasteiger partial charge in [-0.1, -0.05) is 0 Å². The number of aromatic nitrogens is 1. The molecular weight excluding hydrogens is 236 g/mol. The first-order chi connectivity index (χ1) is 8.69. The topological polar surface area (TPSA) is 69.6 Å². The van der Waals surface area contributed by atoms with Gasteiger partial charge in [-0.3, -0.25) is 9.59 Å². The third kappa shape index (κ3) is 4.21. The molecule has 0 aliphatic rings. The zero-order valence-corrected chi connectivity index (χ0v) is 10.6. The van der Waals surface area contributed by atoms with Gasteiger partial charge < -0.3 is 19.4 Å². The first-order valence-electron chi connectivity index (χ1n) is 5.77. The molecule has 6 nitrogen and oxygen atoms in total. The van der Waals surface area contributed by atoms with Crippen LogP contribution in [-0.2, 0) is 20.8 Å². The number of methoxy groups -OCH3 is 1. The molecule has 0 atom stereocenters. The molecular formula is C12H18N2O4. The zero-order valence-electron chi connectivity index (χ0n) is 10.6. The Kier molecular flexibility index (Phi) is 5.93. The summed E-state index contributed by atoms with van der Waals surface area (Å²) in [7, 11) is 1.60. The minimum atomic E-state index is -0.444. The molecule has 1 rings (SSSR count). The highest BCUT2D eigenvalue weighted by molar-refractivity contribution is 5.94. The van der Waals surface area contributed by atoms with Crippen LogP contribution in [-0.4, -0.2) is 43.3 Å². The Morgan fingerprint density at radius 3 is 2.89 bits per heavy atom. The van der Waals surface area contributed by atoms with E-state index in [1.54, 1.807) is 36.9 Å². The van der Waals surface area contributed by atoms with Gasteiger partial charge in [-0.2, -0.15) is 0 Å². The summed E-state index contributed by atoms with van der Waals surface area (Å²) in [4.78, 5) is 22.9. The maximum absolute atomic E-state index is 11.8. The van der Waals surface area contributed by atoms with E-state index in [0.29, 0.717) is 25.5 Å². The largest absolute Gasteiger partial charge is 0.465 e. The summed E-state index contributed by atoms with van der Waals surface area (Å²) in [6, 6.07) is 3.46. The van der Waals surface area contributed by atoms with E-state index < -0.39 is 5.97 Å². The fourth-order valence-corrected chi connectivity index (χ4v) is 1.46. The molecule has 0 aliphatic heterocycles. The lowest BCUT2D eigenvalue weighted by Gasteiger charge is -2.09. The summed E-state index contributed by atoms with van der Waals surface area (Å²) >= 11 is 0. The molecule has 1 N–H and O–H groups in total. The fraction of sp³-hybridized carbons (Fsp3) is 0.500. The summed E-state index contributed by atoms with van der Waals surface area (Å²) < 4.78 is 11.4. The quantitative estimate of drug-likeness (QED) is 0.716. The van der Waals surface area contributed by atoms with Crippen molar-refractivity contribution in [1.29, 1.82) is 0 Å². The van der Waals surface area contributed by atoms with Crippen LogP contribution < -0.4 is 5.32 Å². The molecule has 1 amide bonds. The van der Waals surface area contributed by atoms with E-state index in [1.165, 1.54) is 0 Å². The standard InChI is InChI=1S/C12H18N2O4/c1-3-18-11(15)9-13-12(16)10-5-4-6-14(10)7-8-17-2/h4-6H,3,7-9H2,1-2H3,(H,13,16). The molecule has 0 radical (unpaired) electrons. The summed E-state index contributed by atoms with van der Waals surface area (Å²) in [6.07, 6.45) is 1.79. The second-order valence-electron chi connectivity index (χ2n) is 3.57. The summed E-state index contributed by atoms with van der Waals surface area (Å²) in [5, 5.41) is 2.51. The van der Waals surface area contributed by atoms with Crippen molar-refractivity contribution in [3.05, 3.63) is 24.0 Å². The Bertz CT molecular complexity index is 401. The average Bonchev–Trinajstić information content (AvgIpc) is 2.82. The van der Waals surface area contributed by atoms with Crippen LogP contribution in [0.5, 0.6) is 0 Å². The number of nitrogens with one attached hydrogen (secondary N) is 1. The number of esters is 1. The van der Waals surface area contributed by atoms with Gasteiger partial charge in [0.25, 0.3) is 5.91 Å².